The summed E-state index contributed by atoms with van der Waals surface area (Å²) in [6.45, 7) is 1.77. The summed E-state index contributed by atoms with van der Waals surface area (Å²) in [5.41, 5.74) is 5.60. The predicted octanol–water partition coefficient (Wildman–Crippen LogP) is 6.48. The summed E-state index contributed by atoms with van der Waals surface area (Å²) in [6, 6.07) is 19.6. The summed E-state index contributed by atoms with van der Waals surface area (Å²) in [5, 5.41) is 10.2. The molecule has 8 nitrogen and oxygen atoms in total. The van der Waals surface area contributed by atoms with Gasteiger partial charge >= 0.3 is 0 Å². The molecule has 0 saturated carbocycles. The number of carbonyl (C=O) groups excluding carboxylic acids is 4. The highest BCUT2D eigenvalue weighted by Gasteiger charge is 2.56. The maximum absolute atomic E-state index is 14.2. The Morgan fingerprint density at radius 3 is 2.49 bits per heavy atom. The number of hydrogen-bond acceptors (Lipinski definition) is 7. The van der Waals surface area contributed by atoms with Crippen molar-refractivity contribution in [2.24, 2.45) is 17.8 Å². The molecule has 222 valence electrons. The molecule has 2 heterocycles. The number of aryl methyl sites for hydroxylation is 1. The maximum Gasteiger partial charge on any atom is 0.238 e. The van der Waals surface area contributed by atoms with Gasteiger partial charge in [-0.15, -0.1) is 0 Å². The van der Waals surface area contributed by atoms with Crippen LogP contribution in [0.4, 0.5) is 5.69 Å². The lowest BCUT2D eigenvalue weighted by Crippen LogP contribution is -2.39. The Bertz CT molecular complexity index is 2070. The molecule has 3 aromatic carbocycles. The molecule has 8 rings (SSSR count). The Labute approximate surface area is 265 Å². The summed E-state index contributed by atoms with van der Waals surface area (Å²) in [5.74, 6) is -2.85. The average molecular weight is 662 g/mol. The molecule has 1 aliphatic heterocycles. The van der Waals surface area contributed by atoms with E-state index in [1.165, 1.54) is 11.0 Å². The van der Waals surface area contributed by atoms with E-state index in [-0.39, 0.29) is 40.0 Å². The largest absolute Gasteiger partial charge is 0.508 e. The first kappa shape index (κ1) is 27.6. The molecule has 0 radical (unpaired) electrons. The van der Waals surface area contributed by atoms with Gasteiger partial charge in [0, 0.05) is 28.7 Å². The van der Waals surface area contributed by atoms with Gasteiger partial charge < -0.3 is 9.52 Å². The number of benzene rings is 3. The first-order chi connectivity index (χ1) is 21.7. The first-order valence-corrected chi connectivity index (χ1v) is 15.5. The number of allylic oxidation sites excluding steroid dienone is 6. The number of oxazole rings is 1. The highest BCUT2D eigenvalue weighted by Crippen LogP contribution is 2.55. The van der Waals surface area contributed by atoms with E-state index in [1.54, 1.807) is 43.3 Å². The molecule has 4 aromatic rings. The zero-order chi connectivity index (χ0) is 31.1. The number of rotatable bonds is 3. The minimum absolute atomic E-state index is 0.126. The van der Waals surface area contributed by atoms with Gasteiger partial charge in [0.25, 0.3) is 0 Å². The third-order valence-corrected chi connectivity index (χ3v) is 10.1. The van der Waals surface area contributed by atoms with E-state index >= 15 is 0 Å². The van der Waals surface area contributed by atoms with Gasteiger partial charge in [-0.1, -0.05) is 35.9 Å². The van der Waals surface area contributed by atoms with Gasteiger partial charge in [0.05, 0.1) is 22.0 Å². The van der Waals surface area contributed by atoms with Crippen LogP contribution in [-0.4, -0.2) is 33.5 Å². The Hall–Kier alpha value is -4.89. The van der Waals surface area contributed by atoms with Gasteiger partial charge in [-0.05, 0) is 95.2 Å². The predicted molar refractivity (Wildman–Crippen MR) is 169 cm³/mol. The van der Waals surface area contributed by atoms with Crippen LogP contribution in [0.25, 0.3) is 22.6 Å². The van der Waals surface area contributed by atoms with Crippen molar-refractivity contribution in [1.82, 2.24) is 4.98 Å². The van der Waals surface area contributed by atoms with Crippen LogP contribution in [0.1, 0.15) is 29.9 Å². The van der Waals surface area contributed by atoms with Crippen molar-refractivity contribution in [2.45, 2.75) is 25.7 Å². The van der Waals surface area contributed by atoms with Crippen molar-refractivity contribution in [3.63, 3.8) is 0 Å². The Kier molecular flexibility index (Phi) is 6.19. The zero-order valence-electron chi connectivity index (χ0n) is 24.0. The van der Waals surface area contributed by atoms with Crippen LogP contribution in [0.5, 0.6) is 5.75 Å². The number of nitrogens with zero attached hydrogens (tertiary/aromatic N) is 2. The lowest BCUT2D eigenvalue weighted by molar-refractivity contribution is -0.123. The van der Waals surface area contributed by atoms with Crippen molar-refractivity contribution in [1.29, 1.82) is 0 Å². The van der Waals surface area contributed by atoms with E-state index in [0.29, 0.717) is 45.9 Å². The fourth-order valence-electron chi connectivity index (χ4n) is 7.45. The molecule has 45 heavy (non-hydrogen) atoms. The lowest BCUT2D eigenvalue weighted by Gasteiger charge is -2.42. The highest BCUT2D eigenvalue weighted by atomic mass is 79.9. The molecular weight excluding hydrogens is 636 g/mol. The van der Waals surface area contributed by atoms with Crippen molar-refractivity contribution in [2.75, 3.05) is 4.90 Å². The standard InChI is InChI=1S/C36H25BrN2O6/c1-17-14-19(8-13-27(17)40)30-21-11-12-22-31(23(21)15-24-32(30)28(41)16-25(37)33(24)42)36(44)39(35(22)43)20-9-6-18(7-10-20)34-38-26-4-2-3-5-29(26)45-34/h2-11,13-14,16,22-23,30-31,40H,12,15H2,1H3. The quantitative estimate of drug-likeness (QED) is 0.152. The average Bonchev–Trinajstić information content (AvgIpc) is 3.59. The molecule has 3 aliphatic carbocycles. The zero-order valence-corrected chi connectivity index (χ0v) is 25.6. The molecule has 0 spiro atoms. The molecular formula is C36H25BrN2O6. The van der Waals surface area contributed by atoms with Crippen molar-refractivity contribution >= 4 is 56.1 Å². The summed E-state index contributed by atoms with van der Waals surface area (Å²) in [6.07, 6.45) is 3.83. The fraction of sp³-hybridized carbons (Fsp3) is 0.194. The molecule has 1 aromatic heterocycles. The number of para-hydroxylation sites is 2. The minimum Gasteiger partial charge on any atom is -0.508 e. The van der Waals surface area contributed by atoms with Crippen molar-refractivity contribution in [3.8, 4) is 17.2 Å². The number of aromatic hydroxyl groups is 1. The van der Waals surface area contributed by atoms with Gasteiger partial charge in [-0.2, -0.15) is 0 Å². The second-order valence-electron chi connectivity index (χ2n) is 12.0. The van der Waals surface area contributed by atoms with Crippen molar-refractivity contribution < 1.29 is 28.7 Å². The molecule has 0 bridgehead atoms. The Balaban J connectivity index is 1.16. The number of ketones is 2. The number of phenolic OH excluding ortho intramolecular Hbond substituents is 1. The Morgan fingerprint density at radius 1 is 0.956 bits per heavy atom. The number of hydrogen-bond donors (Lipinski definition) is 1. The number of fused-ring (bicyclic) bond motifs is 4. The molecule has 4 aliphatic rings. The van der Waals surface area contributed by atoms with E-state index in [1.807, 2.05) is 36.4 Å². The van der Waals surface area contributed by atoms with Crippen LogP contribution < -0.4 is 4.90 Å². The minimum atomic E-state index is -0.684. The third-order valence-electron chi connectivity index (χ3n) is 9.55. The smallest absolute Gasteiger partial charge is 0.238 e. The number of aromatic nitrogens is 1. The second-order valence-corrected chi connectivity index (χ2v) is 12.8. The van der Waals surface area contributed by atoms with Crippen LogP contribution in [0.3, 0.4) is 0 Å². The van der Waals surface area contributed by atoms with Gasteiger partial charge in [0.1, 0.15) is 11.3 Å². The van der Waals surface area contributed by atoms with Gasteiger partial charge in [0.2, 0.25) is 17.7 Å². The number of amides is 2. The summed E-state index contributed by atoms with van der Waals surface area (Å²) in [4.78, 5) is 60.7. The topological polar surface area (TPSA) is 118 Å². The van der Waals surface area contributed by atoms with E-state index in [2.05, 4.69) is 20.9 Å². The molecule has 4 unspecified atom stereocenters. The molecule has 1 saturated heterocycles. The summed E-state index contributed by atoms with van der Waals surface area (Å²) in [7, 11) is 0. The second kappa shape index (κ2) is 10.1. The molecule has 9 heteroatoms. The number of carbonyl (C=O) groups is 4. The number of phenols is 1. The van der Waals surface area contributed by atoms with E-state index < -0.39 is 23.7 Å². The Morgan fingerprint density at radius 2 is 1.73 bits per heavy atom. The number of anilines is 1. The van der Waals surface area contributed by atoms with Crippen LogP contribution in [0, 0.1) is 24.7 Å². The van der Waals surface area contributed by atoms with Crippen molar-refractivity contribution in [3.05, 3.63) is 111 Å². The maximum atomic E-state index is 14.2. The molecule has 2 amide bonds. The monoisotopic (exact) mass is 660 g/mol. The van der Waals surface area contributed by atoms with Gasteiger partial charge in [0.15, 0.2) is 17.1 Å². The number of Topliss-reactive ketones (excluding diaryl/α,β-unsaturated/α-hetero) is 1. The normalized spacial score (nSPS) is 24.4. The molecule has 4 atom stereocenters. The van der Waals surface area contributed by atoms with Gasteiger partial charge in [-0.3, -0.25) is 24.1 Å². The lowest BCUT2D eigenvalue weighted by atomic mass is 9.59. The van der Waals surface area contributed by atoms with Crippen LogP contribution >= 0.6 is 15.9 Å². The van der Waals surface area contributed by atoms with Gasteiger partial charge in [-0.25, -0.2) is 4.98 Å². The molecule has 1 N–H and O–H groups in total. The third kappa shape index (κ3) is 4.14. The van der Waals surface area contributed by atoms with Crippen LogP contribution in [-0.2, 0) is 19.2 Å². The highest BCUT2D eigenvalue weighted by molar-refractivity contribution is 9.12. The SMILES string of the molecule is Cc1cc(C2C3=CCC4C(=O)N(c5ccc(-c6nc7ccccc7o6)cc5)C(=O)C4C3CC3=C2C(=O)C=C(Br)C3=O)ccc1O. The fourth-order valence-corrected chi connectivity index (χ4v) is 7.89. The number of imide groups is 1. The summed E-state index contributed by atoms with van der Waals surface area (Å²) >= 11 is 3.26. The van der Waals surface area contributed by atoms with Crippen LogP contribution in [0.2, 0.25) is 0 Å². The van der Waals surface area contributed by atoms with E-state index in [0.717, 1.165) is 16.7 Å². The van der Waals surface area contributed by atoms with Crippen LogP contribution in [0.15, 0.2) is 105 Å². The molecule has 1 fully saturated rings. The van der Waals surface area contributed by atoms with E-state index in [9.17, 15) is 24.3 Å². The summed E-state index contributed by atoms with van der Waals surface area (Å²) < 4.78 is 6.06. The number of halogens is 1. The van der Waals surface area contributed by atoms with E-state index in [4.69, 9.17) is 4.42 Å². The first-order valence-electron chi connectivity index (χ1n) is 14.7.